The molecule has 4 saturated carbocycles. The molecule has 1 nitrogen and oxygen atoms in total. The third kappa shape index (κ3) is 5.41. The molecule has 0 heterocycles. The van der Waals surface area contributed by atoms with Gasteiger partial charge in [-0.1, -0.05) is 160 Å². The highest BCUT2D eigenvalue weighted by molar-refractivity contribution is 5.96. The van der Waals surface area contributed by atoms with Gasteiger partial charge in [0.25, 0.3) is 0 Å². The van der Waals surface area contributed by atoms with E-state index in [0.717, 1.165) is 23.7 Å². The molecule has 6 aliphatic carbocycles. The van der Waals surface area contributed by atoms with Crippen LogP contribution in [0.25, 0.3) is 33.4 Å². The molecule has 2 spiro atoms. The van der Waals surface area contributed by atoms with Crippen molar-refractivity contribution < 1.29 is 0 Å². The Kier molecular flexibility index (Phi) is 8.12. The van der Waals surface area contributed by atoms with Gasteiger partial charge in [0.05, 0.1) is 5.69 Å². The molecule has 63 heavy (non-hydrogen) atoms. The molecule has 0 saturated heterocycles. The van der Waals surface area contributed by atoms with Crippen LogP contribution in [0, 0.1) is 29.1 Å². The smallest absolute Gasteiger partial charge is 0.0543 e. The van der Waals surface area contributed by atoms with Gasteiger partial charge in [-0.05, 0) is 187 Å². The van der Waals surface area contributed by atoms with Crippen molar-refractivity contribution in [2.45, 2.75) is 135 Å². The average Bonchev–Trinajstić information content (AvgIpc) is 3.89. The second-order valence-electron chi connectivity index (χ2n) is 24.6. The number of hydrogen-bond donors (Lipinski definition) is 0. The third-order valence-electron chi connectivity index (χ3n) is 18.3. The van der Waals surface area contributed by atoms with Crippen LogP contribution < -0.4 is 4.90 Å². The number of fused-ring (bicyclic) bond motifs is 9. The molecule has 6 aliphatic rings. The van der Waals surface area contributed by atoms with Crippen LogP contribution in [0.2, 0.25) is 0 Å². The molecular formula is C62H67N. The largest absolute Gasteiger partial charge is 0.310 e. The predicted molar refractivity (Wildman–Crippen MR) is 266 cm³/mol. The van der Waals surface area contributed by atoms with E-state index in [9.17, 15) is 0 Å². The van der Waals surface area contributed by atoms with Gasteiger partial charge in [-0.25, -0.2) is 0 Å². The van der Waals surface area contributed by atoms with Crippen LogP contribution in [0.5, 0.6) is 0 Å². The van der Waals surface area contributed by atoms with Gasteiger partial charge in [0.15, 0.2) is 0 Å². The summed E-state index contributed by atoms with van der Waals surface area (Å²) in [7, 11) is 0. The second-order valence-corrected chi connectivity index (χ2v) is 24.6. The van der Waals surface area contributed by atoms with E-state index in [-0.39, 0.29) is 27.1 Å². The minimum Gasteiger partial charge on any atom is -0.310 e. The van der Waals surface area contributed by atoms with Crippen LogP contribution in [0.3, 0.4) is 0 Å². The molecule has 6 aromatic carbocycles. The highest BCUT2D eigenvalue weighted by Gasteiger charge is 2.84. The van der Waals surface area contributed by atoms with Crippen LogP contribution >= 0.6 is 0 Å². The molecule has 0 amide bonds. The van der Waals surface area contributed by atoms with Crippen LogP contribution in [0.15, 0.2) is 127 Å². The van der Waals surface area contributed by atoms with Gasteiger partial charge < -0.3 is 4.90 Å². The van der Waals surface area contributed by atoms with Crippen molar-refractivity contribution in [3.05, 3.63) is 161 Å². The summed E-state index contributed by atoms with van der Waals surface area (Å²) >= 11 is 0. The van der Waals surface area contributed by atoms with E-state index in [2.05, 4.69) is 202 Å². The van der Waals surface area contributed by atoms with Crippen molar-refractivity contribution in [2.75, 3.05) is 4.90 Å². The monoisotopic (exact) mass is 826 g/mol. The first-order valence-corrected chi connectivity index (χ1v) is 24.5. The van der Waals surface area contributed by atoms with Crippen molar-refractivity contribution in [1.29, 1.82) is 0 Å². The molecule has 2 bridgehead atoms. The summed E-state index contributed by atoms with van der Waals surface area (Å²) in [6.45, 7) is 24.2. The van der Waals surface area contributed by atoms with Gasteiger partial charge in [-0.2, -0.15) is 0 Å². The van der Waals surface area contributed by atoms with Crippen molar-refractivity contribution in [3.63, 3.8) is 0 Å². The quantitative estimate of drug-likeness (QED) is 0.167. The lowest BCUT2D eigenvalue weighted by Crippen LogP contribution is -2.73. The van der Waals surface area contributed by atoms with Crippen molar-refractivity contribution in [2.24, 2.45) is 29.1 Å². The molecule has 0 aromatic heterocycles. The Morgan fingerprint density at radius 2 is 1.10 bits per heavy atom. The van der Waals surface area contributed by atoms with Crippen molar-refractivity contribution in [1.82, 2.24) is 0 Å². The summed E-state index contributed by atoms with van der Waals surface area (Å²) in [6, 6.07) is 50.6. The van der Waals surface area contributed by atoms with Gasteiger partial charge >= 0.3 is 0 Å². The molecule has 6 atom stereocenters. The molecule has 0 aliphatic heterocycles. The fourth-order valence-corrected chi connectivity index (χ4v) is 15.0. The van der Waals surface area contributed by atoms with E-state index in [1.165, 1.54) is 111 Å². The molecule has 1 heteroatoms. The average molecular weight is 826 g/mol. The zero-order valence-corrected chi connectivity index (χ0v) is 39.6. The van der Waals surface area contributed by atoms with Gasteiger partial charge in [-0.15, -0.1) is 0 Å². The van der Waals surface area contributed by atoms with Gasteiger partial charge in [0.1, 0.15) is 0 Å². The van der Waals surface area contributed by atoms with Gasteiger partial charge in [0, 0.05) is 22.4 Å². The van der Waals surface area contributed by atoms with Crippen LogP contribution in [-0.2, 0) is 27.1 Å². The Hall–Kier alpha value is -4.88. The van der Waals surface area contributed by atoms with Crippen molar-refractivity contribution in [3.8, 4) is 33.4 Å². The van der Waals surface area contributed by atoms with Crippen LogP contribution in [-0.4, -0.2) is 0 Å². The summed E-state index contributed by atoms with van der Waals surface area (Å²) in [6.07, 6.45) is 8.17. The molecule has 4 fully saturated rings. The third-order valence-corrected chi connectivity index (χ3v) is 18.3. The highest BCUT2D eigenvalue weighted by atomic mass is 15.1. The standard InChI is InChI=1S/C62H67N/c1-57(2,3)42-30-41(31-43(32-42)58(4,5)6)48-35-49-47-18-14-15-19-50(47)62(55-29-38-28-44-33-56(62)61(44,55)37-38)52(49)36-54(48)63(45-22-20-40(21-23-45)39-16-12-11-13-17-39)46-24-25-51-53(34-46)60(9,10)27-26-59(51,7)8/h11-25,30-32,34-36,38,44,55-56H,26-29,33,37H2,1-10H3. The minimum atomic E-state index is -0.00378. The highest BCUT2D eigenvalue weighted by Crippen LogP contribution is 2.89. The number of rotatable bonds is 5. The predicted octanol–water partition coefficient (Wildman–Crippen LogP) is 16.8. The van der Waals surface area contributed by atoms with E-state index in [0.29, 0.717) is 5.41 Å². The fourth-order valence-electron chi connectivity index (χ4n) is 15.0. The summed E-state index contributed by atoms with van der Waals surface area (Å²) in [4.78, 5) is 2.68. The van der Waals surface area contributed by atoms with E-state index in [4.69, 9.17) is 0 Å². The van der Waals surface area contributed by atoms with Crippen LogP contribution in [0.1, 0.15) is 141 Å². The summed E-state index contributed by atoms with van der Waals surface area (Å²) in [5, 5.41) is 0. The summed E-state index contributed by atoms with van der Waals surface area (Å²) in [5.74, 6) is 3.36. The fraction of sp³-hybridized carbons (Fsp3) is 0.419. The molecule has 0 N–H and O–H groups in total. The zero-order chi connectivity index (χ0) is 43.6. The first-order chi connectivity index (χ1) is 29.9. The normalized spacial score (nSPS) is 27.5. The lowest BCUT2D eigenvalue weighted by Gasteiger charge is -2.76. The number of benzene rings is 6. The number of anilines is 3. The molecule has 12 rings (SSSR count). The lowest BCUT2D eigenvalue weighted by molar-refractivity contribution is -0.231. The van der Waals surface area contributed by atoms with E-state index in [1.807, 2.05) is 0 Å². The van der Waals surface area contributed by atoms with Crippen molar-refractivity contribution >= 4 is 17.1 Å². The Balaban J connectivity index is 1.16. The maximum atomic E-state index is 2.76. The summed E-state index contributed by atoms with van der Waals surface area (Å²) < 4.78 is 0. The molecule has 6 aromatic rings. The minimum absolute atomic E-state index is 0.00378. The summed E-state index contributed by atoms with van der Waals surface area (Å²) in [5.41, 5.74) is 21.8. The van der Waals surface area contributed by atoms with E-state index >= 15 is 0 Å². The van der Waals surface area contributed by atoms with Gasteiger partial charge in [-0.3, -0.25) is 0 Å². The maximum Gasteiger partial charge on any atom is 0.0543 e. The SMILES string of the molecule is CC(C)(C)c1cc(-c2cc3c(cc2N(c2ccc(-c4ccccc4)cc2)c2ccc4c(c2)C(C)(C)CCC4(C)C)C2(c4ccccc4-3)C3CC4CC5CC2C53C4)cc(C(C)(C)C)c1. The Morgan fingerprint density at radius 3 is 1.78 bits per heavy atom. The zero-order valence-electron chi connectivity index (χ0n) is 39.6. The van der Waals surface area contributed by atoms with E-state index < -0.39 is 0 Å². The molecular weight excluding hydrogens is 759 g/mol. The Labute approximate surface area is 378 Å². The number of hydrogen-bond acceptors (Lipinski definition) is 1. The Bertz CT molecular complexity index is 2810. The maximum absolute atomic E-state index is 2.76. The first kappa shape index (κ1) is 39.7. The second kappa shape index (κ2) is 12.9. The molecule has 0 radical (unpaired) electrons. The first-order valence-electron chi connectivity index (χ1n) is 24.5. The van der Waals surface area contributed by atoms with Crippen LogP contribution in [0.4, 0.5) is 17.1 Å². The molecule has 6 unspecified atom stereocenters. The Morgan fingerprint density at radius 1 is 0.476 bits per heavy atom. The molecule has 320 valence electrons. The van der Waals surface area contributed by atoms with Gasteiger partial charge in [0.2, 0.25) is 0 Å². The number of nitrogens with zero attached hydrogens (tertiary/aromatic N) is 1. The van der Waals surface area contributed by atoms with E-state index in [1.54, 1.807) is 11.1 Å². The lowest BCUT2D eigenvalue weighted by atomic mass is 9.27. The topological polar surface area (TPSA) is 3.24 Å².